The minimum absolute atomic E-state index is 0. The van der Waals surface area contributed by atoms with Gasteiger partial charge >= 0.3 is 5.97 Å². The number of guanidine groups is 1. The van der Waals surface area contributed by atoms with E-state index in [0.29, 0.717) is 19.4 Å². The van der Waals surface area contributed by atoms with Gasteiger partial charge in [0.05, 0.1) is 0 Å². The zero-order valence-corrected chi connectivity index (χ0v) is 10.4. The summed E-state index contributed by atoms with van der Waals surface area (Å²) in [5.74, 6) is -0.987. The van der Waals surface area contributed by atoms with Crippen LogP contribution in [0.3, 0.4) is 0 Å². The molecular weight excluding hydrogens is 225 g/mol. The third kappa shape index (κ3) is 9.24. The van der Waals surface area contributed by atoms with Gasteiger partial charge in [0.25, 0.3) is 0 Å². The Morgan fingerprint density at radius 3 is 2.38 bits per heavy atom. The molecule has 0 rings (SSSR count). The van der Waals surface area contributed by atoms with Gasteiger partial charge in [0.1, 0.15) is 6.04 Å². The summed E-state index contributed by atoms with van der Waals surface area (Å²) >= 11 is 0. The third-order valence-corrected chi connectivity index (χ3v) is 1.28. The molecule has 0 aliphatic carbocycles. The quantitative estimate of drug-likeness (QED) is 0.200. The number of rotatable bonds is 5. The van der Waals surface area contributed by atoms with E-state index in [4.69, 9.17) is 22.3 Å². The van der Waals surface area contributed by atoms with Gasteiger partial charge < -0.3 is 22.3 Å². The second kappa shape index (κ2) is 7.95. The molecule has 0 saturated carbocycles. The molecule has 0 aromatic rings. The van der Waals surface area contributed by atoms with Crippen molar-refractivity contribution in [3.63, 3.8) is 0 Å². The van der Waals surface area contributed by atoms with Gasteiger partial charge in [0, 0.05) is 26.0 Å². The average Bonchev–Trinajstić information content (AvgIpc) is 1.97. The number of nitrogens with zero attached hydrogens (tertiary/aromatic N) is 1. The molecule has 0 saturated heterocycles. The molecule has 0 aliphatic rings. The van der Waals surface area contributed by atoms with Crippen LogP contribution >= 0.6 is 0 Å². The number of carboxylic acid groups (broad SMARTS) is 1. The molecule has 7 N–H and O–H groups in total. The Balaban J connectivity index is 0. The predicted molar refractivity (Wildman–Crippen MR) is 45.5 cm³/mol. The average molecular weight is 240 g/mol. The van der Waals surface area contributed by atoms with Crippen LogP contribution in [-0.2, 0) is 24.3 Å². The van der Waals surface area contributed by atoms with Crippen LogP contribution in [0.15, 0.2) is 4.99 Å². The molecule has 0 spiro atoms. The molecule has 0 amide bonds. The fraction of sp³-hybridized carbons (Fsp3) is 0.667. The van der Waals surface area contributed by atoms with Gasteiger partial charge in [-0.3, -0.25) is 9.79 Å². The molecule has 0 heterocycles. The van der Waals surface area contributed by atoms with Crippen molar-refractivity contribution in [3.05, 3.63) is 0 Å². The van der Waals surface area contributed by atoms with Crippen LogP contribution in [0.5, 0.6) is 0 Å². The van der Waals surface area contributed by atoms with Crippen LogP contribution in [0.4, 0.5) is 0 Å². The molecule has 0 bridgehead atoms. The molecule has 0 aromatic carbocycles. The minimum Gasteiger partial charge on any atom is -0.480 e. The van der Waals surface area contributed by atoms with E-state index in [1.54, 1.807) is 0 Å². The topological polar surface area (TPSA) is 128 Å². The Bertz CT molecular complexity index is 181. The first-order valence-electron chi connectivity index (χ1n) is 3.58. The van der Waals surface area contributed by atoms with E-state index in [1.807, 2.05) is 0 Å². The fourth-order valence-electron chi connectivity index (χ4n) is 0.643. The largest absolute Gasteiger partial charge is 0.480 e. The fourth-order valence-corrected chi connectivity index (χ4v) is 0.643. The smallest absolute Gasteiger partial charge is 0.320 e. The predicted octanol–water partition coefficient (Wildman–Crippen LogP) is -1.55. The molecule has 1 atom stereocenters. The Labute approximate surface area is 89.3 Å². The van der Waals surface area contributed by atoms with E-state index in [1.165, 1.54) is 0 Å². The van der Waals surface area contributed by atoms with Crippen LogP contribution in [-0.4, -0.2) is 29.6 Å². The number of aliphatic imine (C=N–C) groups is 1. The summed E-state index contributed by atoms with van der Waals surface area (Å²) in [6.07, 6.45) is 0.956. The molecule has 13 heavy (non-hydrogen) atoms. The molecule has 0 aliphatic heterocycles. The van der Waals surface area contributed by atoms with Crippen molar-refractivity contribution in [2.75, 3.05) is 6.54 Å². The summed E-state index contributed by atoms with van der Waals surface area (Å²) in [6.45, 7) is 0.420. The maximum absolute atomic E-state index is 10.2. The van der Waals surface area contributed by atoms with Crippen LogP contribution in [0.25, 0.3) is 0 Å². The maximum Gasteiger partial charge on any atom is 0.320 e. The molecule has 72 valence electrons. The summed E-state index contributed by atoms with van der Waals surface area (Å²) in [5, 5.41) is 8.38. The standard InChI is InChI=1S/C6H14N4O2.Zn/c7-4(5(11)12)2-1-3-10-6(8)9;/h4H,1-3,7H2,(H,11,12)(H4,8,9,10);/t4-;/m0./s1. The Hall–Kier alpha value is -0.677. The van der Waals surface area contributed by atoms with Crippen molar-refractivity contribution in [2.45, 2.75) is 18.9 Å². The number of hydrogen-bond donors (Lipinski definition) is 4. The van der Waals surface area contributed by atoms with Crippen LogP contribution in [0, 0.1) is 0 Å². The van der Waals surface area contributed by atoms with Crippen molar-refractivity contribution in [1.82, 2.24) is 0 Å². The van der Waals surface area contributed by atoms with E-state index >= 15 is 0 Å². The Morgan fingerprint density at radius 2 is 2.00 bits per heavy atom. The molecule has 0 aromatic heterocycles. The van der Waals surface area contributed by atoms with Crippen molar-refractivity contribution in [2.24, 2.45) is 22.2 Å². The summed E-state index contributed by atoms with van der Waals surface area (Å²) in [4.78, 5) is 13.9. The summed E-state index contributed by atoms with van der Waals surface area (Å²) in [6, 6.07) is -0.820. The van der Waals surface area contributed by atoms with Gasteiger partial charge in [-0.15, -0.1) is 0 Å². The van der Waals surface area contributed by atoms with Crippen molar-refractivity contribution >= 4 is 11.9 Å². The molecule has 0 fully saturated rings. The number of carboxylic acids is 1. The van der Waals surface area contributed by atoms with Gasteiger partial charge in [-0.2, -0.15) is 0 Å². The molecule has 6 nitrogen and oxygen atoms in total. The SMILES string of the molecule is NC(N)=NCCC[C@H](N)C(=O)O.[Zn]. The van der Waals surface area contributed by atoms with Gasteiger partial charge in [-0.1, -0.05) is 0 Å². The van der Waals surface area contributed by atoms with Gasteiger partial charge in [0.15, 0.2) is 5.96 Å². The Kier molecular flexibility index (Phi) is 9.06. The van der Waals surface area contributed by atoms with E-state index in [2.05, 4.69) is 4.99 Å². The summed E-state index contributed by atoms with van der Waals surface area (Å²) in [7, 11) is 0. The van der Waals surface area contributed by atoms with Crippen molar-refractivity contribution in [3.8, 4) is 0 Å². The van der Waals surface area contributed by atoms with Crippen LogP contribution < -0.4 is 17.2 Å². The Morgan fingerprint density at radius 1 is 1.46 bits per heavy atom. The minimum atomic E-state index is -1.00. The van der Waals surface area contributed by atoms with E-state index < -0.39 is 12.0 Å². The van der Waals surface area contributed by atoms with E-state index in [0.717, 1.165) is 0 Å². The molecule has 0 unspecified atom stereocenters. The number of nitrogens with two attached hydrogens (primary N) is 3. The van der Waals surface area contributed by atoms with Gasteiger partial charge in [-0.25, -0.2) is 0 Å². The molecular formula is C6H14N4O2Zn. The number of carbonyl (C=O) groups is 1. The molecule has 7 heteroatoms. The number of aliphatic carboxylic acids is 1. The summed E-state index contributed by atoms with van der Waals surface area (Å²) < 4.78 is 0. The first-order valence-corrected chi connectivity index (χ1v) is 3.58. The summed E-state index contributed by atoms with van der Waals surface area (Å²) in [5.41, 5.74) is 15.3. The van der Waals surface area contributed by atoms with Gasteiger partial charge in [-0.05, 0) is 12.8 Å². The zero-order chi connectivity index (χ0) is 9.56. The maximum atomic E-state index is 10.2. The van der Waals surface area contributed by atoms with Crippen LogP contribution in [0.1, 0.15) is 12.8 Å². The van der Waals surface area contributed by atoms with Crippen molar-refractivity contribution in [1.29, 1.82) is 0 Å². The van der Waals surface area contributed by atoms with E-state index in [-0.39, 0.29) is 25.4 Å². The van der Waals surface area contributed by atoms with Gasteiger partial charge in [0.2, 0.25) is 0 Å². The van der Waals surface area contributed by atoms with E-state index in [9.17, 15) is 4.79 Å². The van der Waals surface area contributed by atoms with Crippen LogP contribution in [0.2, 0.25) is 0 Å². The normalized spacial score (nSPS) is 11.2. The number of hydrogen-bond acceptors (Lipinski definition) is 3. The monoisotopic (exact) mass is 238 g/mol. The first kappa shape index (κ1) is 14.8. The zero-order valence-electron chi connectivity index (χ0n) is 7.44. The first-order chi connectivity index (χ1) is 5.54. The third-order valence-electron chi connectivity index (χ3n) is 1.28. The second-order valence-corrected chi connectivity index (χ2v) is 2.39. The van der Waals surface area contributed by atoms with Crippen molar-refractivity contribution < 1.29 is 29.4 Å². The second-order valence-electron chi connectivity index (χ2n) is 2.39. The molecule has 0 radical (unpaired) electrons.